The molecule has 0 radical (unpaired) electrons. The highest BCUT2D eigenvalue weighted by Crippen LogP contribution is 2.29. The van der Waals surface area contributed by atoms with E-state index in [0.717, 1.165) is 44.9 Å². The number of hydrogen-bond donors (Lipinski definition) is 2. The largest absolute Gasteiger partial charge is 0.480 e. The van der Waals surface area contributed by atoms with Crippen LogP contribution in [0.3, 0.4) is 0 Å². The Morgan fingerprint density at radius 3 is 2.33 bits per heavy atom. The Kier molecular flexibility index (Phi) is 5.62. The fourth-order valence-electron chi connectivity index (χ4n) is 3.46. The smallest absolute Gasteiger partial charge is 0.329 e. The quantitative estimate of drug-likeness (QED) is 0.790. The monoisotopic (exact) mass is 297 g/mol. The first-order valence-corrected chi connectivity index (χ1v) is 8.28. The highest BCUT2D eigenvalue weighted by Gasteiger charge is 2.42. The first-order chi connectivity index (χ1) is 10.1. The molecule has 2 fully saturated rings. The average Bonchev–Trinajstić information content (AvgIpc) is 2.98. The van der Waals surface area contributed by atoms with Gasteiger partial charge in [0.1, 0.15) is 11.6 Å². The summed E-state index contributed by atoms with van der Waals surface area (Å²) in [5.41, 5.74) is -1.08. The van der Waals surface area contributed by atoms with Crippen molar-refractivity contribution in [2.75, 3.05) is 0 Å². The Labute approximate surface area is 126 Å². The molecule has 0 aromatic rings. The number of nitrogens with one attached hydrogen (secondary N) is 1. The van der Waals surface area contributed by atoms with Crippen LogP contribution >= 0.6 is 0 Å². The fourth-order valence-corrected chi connectivity index (χ4v) is 3.46. The van der Waals surface area contributed by atoms with E-state index in [4.69, 9.17) is 4.74 Å². The third kappa shape index (κ3) is 3.96. The molecule has 1 atom stereocenters. The number of carbonyl (C=O) groups excluding carboxylic acids is 1. The van der Waals surface area contributed by atoms with Crippen molar-refractivity contribution in [2.24, 2.45) is 0 Å². The second-order valence-corrected chi connectivity index (χ2v) is 6.38. The number of aliphatic carboxylic acids is 1. The third-order valence-corrected chi connectivity index (χ3v) is 4.80. The van der Waals surface area contributed by atoms with Crippen molar-refractivity contribution < 1.29 is 19.4 Å². The van der Waals surface area contributed by atoms with Crippen LogP contribution in [0, 0.1) is 0 Å². The number of carbonyl (C=O) groups is 2. The molecule has 0 aromatic heterocycles. The van der Waals surface area contributed by atoms with Crippen LogP contribution in [0.5, 0.6) is 0 Å². The van der Waals surface area contributed by atoms with E-state index in [9.17, 15) is 14.7 Å². The van der Waals surface area contributed by atoms with Gasteiger partial charge in [-0.3, -0.25) is 4.79 Å². The highest BCUT2D eigenvalue weighted by atomic mass is 16.5. The molecular weight excluding hydrogens is 270 g/mol. The number of carboxylic acids is 1. The summed E-state index contributed by atoms with van der Waals surface area (Å²) in [6.45, 7) is 1.91. The van der Waals surface area contributed by atoms with E-state index < -0.39 is 17.6 Å². The summed E-state index contributed by atoms with van der Waals surface area (Å²) in [5.74, 6) is -1.17. The summed E-state index contributed by atoms with van der Waals surface area (Å²) in [6, 6.07) is 0. The van der Waals surface area contributed by atoms with Crippen molar-refractivity contribution in [2.45, 2.75) is 88.9 Å². The molecule has 0 heterocycles. The van der Waals surface area contributed by atoms with Crippen molar-refractivity contribution in [3.8, 4) is 0 Å². The van der Waals surface area contributed by atoms with E-state index in [-0.39, 0.29) is 12.0 Å². The molecule has 21 heavy (non-hydrogen) atoms. The summed E-state index contributed by atoms with van der Waals surface area (Å²) in [5, 5.41) is 12.3. The van der Waals surface area contributed by atoms with Crippen molar-refractivity contribution in [3.63, 3.8) is 0 Å². The number of carboxylic acid groups (broad SMARTS) is 1. The standard InChI is InChI=1S/C16H27NO4/c1-2-13(21-12-8-4-5-9-12)14(18)17-16(15(19)20)10-6-3-7-11-16/h12-13H,2-11H2,1H3,(H,17,18)(H,19,20). The van der Waals surface area contributed by atoms with Gasteiger partial charge in [-0.2, -0.15) is 0 Å². The lowest BCUT2D eigenvalue weighted by atomic mass is 9.81. The molecule has 0 aromatic carbocycles. The van der Waals surface area contributed by atoms with E-state index in [1.165, 1.54) is 0 Å². The van der Waals surface area contributed by atoms with Gasteiger partial charge < -0.3 is 15.2 Å². The molecule has 2 saturated carbocycles. The summed E-state index contributed by atoms with van der Waals surface area (Å²) in [4.78, 5) is 24.1. The molecular formula is C16H27NO4. The predicted octanol–water partition coefficient (Wildman–Crippen LogP) is 2.63. The van der Waals surface area contributed by atoms with E-state index >= 15 is 0 Å². The SMILES string of the molecule is CCC(OC1CCCC1)C(=O)NC1(C(=O)O)CCCCC1. The predicted molar refractivity (Wildman–Crippen MR) is 79.0 cm³/mol. The first-order valence-electron chi connectivity index (χ1n) is 8.28. The van der Waals surface area contributed by atoms with Crippen LogP contribution in [-0.2, 0) is 14.3 Å². The molecule has 0 spiro atoms. The van der Waals surface area contributed by atoms with Crippen LogP contribution in [0.4, 0.5) is 0 Å². The van der Waals surface area contributed by atoms with Crippen LogP contribution < -0.4 is 5.32 Å². The van der Waals surface area contributed by atoms with Gasteiger partial charge in [0.2, 0.25) is 5.91 Å². The minimum Gasteiger partial charge on any atom is -0.480 e. The molecule has 120 valence electrons. The summed E-state index contributed by atoms with van der Waals surface area (Å²) in [6.07, 6.45) is 8.34. The zero-order chi connectivity index (χ0) is 15.3. The third-order valence-electron chi connectivity index (χ3n) is 4.80. The molecule has 5 nitrogen and oxygen atoms in total. The Hall–Kier alpha value is -1.10. The van der Waals surface area contributed by atoms with Crippen LogP contribution in [0.1, 0.15) is 71.1 Å². The summed E-state index contributed by atoms with van der Waals surface area (Å²) in [7, 11) is 0. The first kappa shape index (κ1) is 16.3. The molecule has 2 aliphatic rings. The maximum Gasteiger partial charge on any atom is 0.329 e. The Morgan fingerprint density at radius 1 is 1.19 bits per heavy atom. The van der Waals surface area contributed by atoms with Gasteiger partial charge in [0.25, 0.3) is 0 Å². The zero-order valence-corrected chi connectivity index (χ0v) is 12.9. The van der Waals surface area contributed by atoms with E-state index in [1.54, 1.807) is 0 Å². The fraction of sp³-hybridized carbons (Fsp3) is 0.875. The minimum atomic E-state index is -1.08. The maximum atomic E-state index is 12.4. The molecule has 1 amide bonds. The summed E-state index contributed by atoms with van der Waals surface area (Å²) >= 11 is 0. The van der Waals surface area contributed by atoms with Gasteiger partial charge in [0.15, 0.2) is 0 Å². The minimum absolute atomic E-state index is 0.160. The second kappa shape index (κ2) is 7.25. The average molecular weight is 297 g/mol. The Bertz CT molecular complexity index is 370. The Balaban J connectivity index is 1.97. The molecule has 0 saturated heterocycles. The zero-order valence-electron chi connectivity index (χ0n) is 12.9. The van der Waals surface area contributed by atoms with Gasteiger partial charge in [-0.15, -0.1) is 0 Å². The molecule has 1 unspecified atom stereocenters. The number of rotatable bonds is 6. The van der Waals surface area contributed by atoms with Gasteiger partial charge in [0.05, 0.1) is 6.10 Å². The van der Waals surface area contributed by atoms with Crippen molar-refractivity contribution in [1.29, 1.82) is 0 Å². The van der Waals surface area contributed by atoms with Crippen LogP contribution in [0.15, 0.2) is 0 Å². The maximum absolute atomic E-state index is 12.4. The van der Waals surface area contributed by atoms with E-state index in [0.29, 0.717) is 19.3 Å². The normalized spacial score (nSPS) is 23.7. The van der Waals surface area contributed by atoms with Crippen LogP contribution in [0.25, 0.3) is 0 Å². The molecule has 2 aliphatic carbocycles. The molecule has 2 N–H and O–H groups in total. The number of ether oxygens (including phenoxy) is 1. The van der Waals surface area contributed by atoms with Gasteiger partial charge in [-0.25, -0.2) is 4.79 Å². The topological polar surface area (TPSA) is 75.6 Å². The van der Waals surface area contributed by atoms with Gasteiger partial charge in [-0.05, 0) is 32.1 Å². The lowest BCUT2D eigenvalue weighted by Crippen LogP contribution is -2.58. The van der Waals surface area contributed by atoms with Crippen LogP contribution in [0.2, 0.25) is 0 Å². The van der Waals surface area contributed by atoms with Crippen LogP contribution in [-0.4, -0.2) is 34.7 Å². The van der Waals surface area contributed by atoms with Gasteiger partial charge >= 0.3 is 5.97 Å². The lowest BCUT2D eigenvalue weighted by molar-refractivity contribution is -0.153. The van der Waals surface area contributed by atoms with Gasteiger partial charge in [0, 0.05) is 0 Å². The van der Waals surface area contributed by atoms with Crippen molar-refractivity contribution >= 4 is 11.9 Å². The molecule has 2 rings (SSSR count). The molecule has 5 heteroatoms. The number of hydrogen-bond acceptors (Lipinski definition) is 3. The van der Waals surface area contributed by atoms with Crippen molar-refractivity contribution in [3.05, 3.63) is 0 Å². The molecule has 0 bridgehead atoms. The second-order valence-electron chi connectivity index (χ2n) is 6.38. The highest BCUT2D eigenvalue weighted by molar-refractivity contribution is 5.89. The van der Waals surface area contributed by atoms with Gasteiger partial charge in [-0.1, -0.05) is 39.0 Å². The Morgan fingerprint density at radius 2 is 1.81 bits per heavy atom. The van der Waals surface area contributed by atoms with Crippen molar-refractivity contribution in [1.82, 2.24) is 5.32 Å². The van der Waals surface area contributed by atoms with E-state index in [1.807, 2.05) is 6.92 Å². The molecule has 0 aliphatic heterocycles. The number of amides is 1. The van der Waals surface area contributed by atoms with E-state index in [2.05, 4.69) is 5.32 Å². The summed E-state index contributed by atoms with van der Waals surface area (Å²) < 4.78 is 5.88. The lowest BCUT2D eigenvalue weighted by Gasteiger charge is -2.35.